The lowest BCUT2D eigenvalue weighted by molar-refractivity contribution is -0.116. The summed E-state index contributed by atoms with van der Waals surface area (Å²) in [6.45, 7) is 1.28. The topological polar surface area (TPSA) is 151 Å². The highest BCUT2D eigenvalue weighted by atomic mass is 32.2. The summed E-state index contributed by atoms with van der Waals surface area (Å²) < 4.78 is 31.4. The highest BCUT2D eigenvalue weighted by Gasteiger charge is 2.15. The number of carbonyl (C=O) groups is 2. The molecule has 1 heterocycles. The van der Waals surface area contributed by atoms with E-state index in [9.17, 15) is 22.8 Å². The highest BCUT2D eigenvalue weighted by Crippen LogP contribution is 2.18. The molecule has 0 spiro atoms. The van der Waals surface area contributed by atoms with Crippen molar-refractivity contribution in [3.8, 4) is 11.4 Å². The molecule has 0 unspecified atom stereocenters. The minimum atomic E-state index is -3.81. The van der Waals surface area contributed by atoms with Crippen LogP contribution in [0.5, 0.6) is 0 Å². The molecule has 3 N–H and O–H groups in total. The number of hydrogen-bond donors (Lipinski definition) is 3. The zero-order valence-electron chi connectivity index (χ0n) is 15.8. The maximum Gasteiger partial charge on any atom is 0.439 e. The molecular weight excluding hydrogens is 412 g/mol. The number of nitrogens with one attached hydrogen (secondary N) is 3. The quantitative estimate of drug-likeness (QED) is 0.458. The molecule has 0 aliphatic rings. The van der Waals surface area contributed by atoms with E-state index in [-0.39, 0.29) is 29.5 Å². The van der Waals surface area contributed by atoms with Gasteiger partial charge in [0.1, 0.15) is 0 Å². The van der Waals surface area contributed by atoms with E-state index < -0.39 is 21.7 Å². The van der Waals surface area contributed by atoms with Crippen LogP contribution >= 0.6 is 0 Å². The number of carbonyl (C=O) groups excluding carboxylic acids is 2. The van der Waals surface area contributed by atoms with Crippen molar-refractivity contribution in [2.24, 2.45) is 0 Å². The van der Waals surface area contributed by atoms with Crippen LogP contribution in [0.2, 0.25) is 0 Å². The maximum absolute atomic E-state index is 12.3. The van der Waals surface area contributed by atoms with Gasteiger partial charge >= 0.3 is 5.76 Å². The molecule has 0 aliphatic heterocycles. The number of rotatable bonds is 8. The fourth-order valence-electron chi connectivity index (χ4n) is 2.57. The van der Waals surface area contributed by atoms with Crippen LogP contribution in [0.1, 0.15) is 23.7 Å². The molecule has 1 aromatic heterocycles. The summed E-state index contributed by atoms with van der Waals surface area (Å²) in [5.74, 6) is -1.04. The van der Waals surface area contributed by atoms with Gasteiger partial charge in [-0.2, -0.15) is 0 Å². The third-order valence-corrected chi connectivity index (χ3v) is 5.55. The number of nitrogens with zero attached hydrogens (tertiary/aromatic N) is 1. The van der Waals surface area contributed by atoms with Crippen molar-refractivity contribution in [2.75, 3.05) is 11.9 Å². The molecule has 156 valence electrons. The largest absolute Gasteiger partial charge is 0.439 e. The number of Topliss-reactive ketones (excluding diaryl/α,β-unsaturated/α-hetero) is 1. The van der Waals surface area contributed by atoms with Gasteiger partial charge in [0, 0.05) is 29.8 Å². The zero-order valence-corrected chi connectivity index (χ0v) is 16.7. The molecule has 0 fully saturated rings. The molecule has 3 aromatic rings. The van der Waals surface area contributed by atoms with Gasteiger partial charge in [-0.3, -0.25) is 19.1 Å². The van der Waals surface area contributed by atoms with Gasteiger partial charge < -0.3 is 5.32 Å². The van der Waals surface area contributed by atoms with Gasteiger partial charge in [-0.25, -0.2) is 17.9 Å². The summed E-state index contributed by atoms with van der Waals surface area (Å²) in [6.07, 6.45) is -0.101. The molecule has 0 saturated carbocycles. The molecule has 1 amide bonds. The Kier molecular flexibility index (Phi) is 6.23. The lowest BCUT2D eigenvalue weighted by Crippen LogP contribution is -2.27. The van der Waals surface area contributed by atoms with E-state index in [4.69, 9.17) is 0 Å². The van der Waals surface area contributed by atoms with Gasteiger partial charge in [0.05, 0.1) is 4.90 Å². The Balaban J connectivity index is 1.56. The first-order valence-corrected chi connectivity index (χ1v) is 10.3. The molecular formula is C19H18N4O6S. The highest BCUT2D eigenvalue weighted by molar-refractivity contribution is 7.89. The van der Waals surface area contributed by atoms with Crippen LogP contribution in [0.25, 0.3) is 11.4 Å². The Morgan fingerprint density at radius 3 is 2.50 bits per heavy atom. The van der Waals surface area contributed by atoms with E-state index in [2.05, 4.69) is 24.7 Å². The number of benzene rings is 2. The number of ketones is 1. The molecule has 0 bridgehead atoms. The summed E-state index contributed by atoms with van der Waals surface area (Å²) in [7, 11) is -3.81. The number of amides is 1. The fraction of sp³-hybridized carbons (Fsp3) is 0.158. The number of aromatic amines is 1. The Labute approximate surface area is 171 Å². The summed E-state index contributed by atoms with van der Waals surface area (Å²) in [6, 6.07) is 12.1. The number of anilines is 1. The van der Waals surface area contributed by atoms with E-state index >= 15 is 0 Å². The monoisotopic (exact) mass is 430 g/mol. The van der Waals surface area contributed by atoms with Crippen molar-refractivity contribution in [1.82, 2.24) is 14.9 Å². The van der Waals surface area contributed by atoms with Crippen molar-refractivity contribution in [3.63, 3.8) is 0 Å². The predicted octanol–water partition coefficient (Wildman–Crippen LogP) is 1.54. The smallest absolute Gasteiger partial charge is 0.326 e. The minimum Gasteiger partial charge on any atom is -0.326 e. The van der Waals surface area contributed by atoms with Crippen LogP contribution in [0.4, 0.5) is 5.69 Å². The lowest BCUT2D eigenvalue weighted by atomic mass is 10.2. The second-order valence-electron chi connectivity index (χ2n) is 6.30. The number of aromatic nitrogens is 2. The Morgan fingerprint density at radius 2 is 1.87 bits per heavy atom. The number of H-pyrrole nitrogens is 1. The van der Waals surface area contributed by atoms with E-state index in [0.29, 0.717) is 16.8 Å². The van der Waals surface area contributed by atoms with Crippen molar-refractivity contribution in [1.29, 1.82) is 0 Å². The summed E-state index contributed by atoms with van der Waals surface area (Å²) in [4.78, 5) is 36.9. The molecule has 10 nitrogen and oxygen atoms in total. The first-order chi connectivity index (χ1) is 14.2. The van der Waals surface area contributed by atoms with E-state index in [0.717, 1.165) is 0 Å². The van der Waals surface area contributed by atoms with Crippen LogP contribution in [0.15, 0.2) is 62.7 Å². The molecule has 30 heavy (non-hydrogen) atoms. The van der Waals surface area contributed by atoms with Crippen molar-refractivity contribution < 1.29 is 22.5 Å². The molecule has 0 aliphatic carbocycles. The molecule has 0 atom stereocenters. The van der Waals surface area contributed by atoms with Crippen molar-refractivity contribution >= 4 is 27.4 Å². The van der Waals surface area contributed by atoms with Gasteiger partial charge in [-0.1, -0.05) is 29.4 Å². The molecule has 11 heteroatoms. The molecule has 0 radical (unpaired) electrons. The first-order valence-electron chi connectivity index (χ1n) is 8.81. The van der Waals surface area contributed by atoms with Gasteiger partial charge in [-0.05, 0) is 31.2 Å². The summed E-state index contributed by atoms with van der Waals surface area (Å²) in [5, 5.41) is 6.22. The minimum absolute atomic E-state index is 0.00205. The van der Waals surface area contributed by atoms with Gasteiger partial charge in [-0.15, -0.1) is 0 Å². The number of hydrogen-bond acceptors (Lipinski definition) is 7. The van der Waals surface area contributed by atoms with E-state index in [1.54, 1.807) is 24.3 Å². The third kappa shape index (κ3) is 5.27. The number of sulfonamides is 1. The fourth-order valence-corrected chi connectivity index (χ4v) is 3.60. The normalized spacial score (nSPS) is 11.2. The van der Waals surface area contributed by atoms with Gasteiger partial charge in [0.25, 0.3) is 0 Å². The third-order valence-electron chi connectivity index (χ3n) is 4.08. The SMILES string of the molecule is CC(=O)c1ccc(S(=O)(=O)NCCC(=O)Nc2cccc(-c3noc(=O)[nH]3)c2)cc1. The second-order valence-corrected chi connectivity index (χ2v) is 8.07. The van der Waals surface area contributed by atoms with Crippen LogP contribution in [-0.2, 0) is 14.8 Å². The van der Waals surface area contributed by atoms with E-state index in [1.165, 1.54) is 31.2 Å². The van der Waals surface area contributed by atoms with E-state index in [1.807, 2.05) is 0 Å². The zero-order chi connectivity index (χ0) is 21.7. The standard InChI is InChI=1S/C19H18N4O6S/c1-12(24)13-5-7-16(8-6-13)30(27,28)20-10-9-17(25)21-15-4-2-3-14(11-15)18-22-19(26)29-23-18/h2-8,11,20H,9-10H2,1H3,(H,21,25)(H,22,23,26). The van der Waals surface area contributed by atoms with Crippen LogP contribution in [-0.4, -0.2) is 36.8 Å². The van der Waals surface area contributed by atoms with Crippen LogP contribution in [0, 0.1) is 0 Å². The first kappa shape index (κ1) is 21.1. The summed E-state index contributed by atoms with van der Waals surface area (Å²) in [5.41, 5.74) is 1.39. The van der Waals surface area contributed by atoms with Gasteiger partial charge in [0.15, 0.2) is 11.6 Å². The Hall–Kier alpha value is -3.57. The lowest BCUT2D eigenvalue weighted by Gasteiger charge is -2.08. The van der Waals surface area contributed by atoms with Crippen LogP contribution in [0.3, 0.4) is 0 Å². The Morgan fingerprint density at radius 1 is 1.13 bits per heavy atom. The van der Waals surface area contributed by atoms with Crippen molar-refractivity contribution in [2.45, 2.75) is 18.2 Å². The average molecular weight is 430 g/mol. The predicted molar refractivity (Wildman–Crippen MR) is 107 cm³/mol. The molecule has 3 rings (SSSR count). The molecule has 2 aromatic carbocycles. The van der Waals surface area contributed by atoms with Crippen molar-refractivity contribution in [3.05, 3.63) is 64.6 Å². The molecule has 0 saturated heterocycles. The van der Waals surface area contributed by atoms with Crippen LogP contribution < -0.4 is 15.8 Å². The van der Waals surface area contributed by atoms with Gasteiger partial charge in [0.2, 0.25) is 15.9 Å². The Bertz CT molecular complexity index is 1230. The second kappa shape index (κ2) is 8.84. The maximum atomic E-state index is 12.3. The average Bonchev–Trinajstić information content (AvgIpc) is 3.14. The summed E-state index contributed by atoms with van der Waals surface area (Å²) >= 11 is 0.